The zero-order valence-corrected chi connectivity index (χ0v) is 26.0. The van der Waals surface area contributed by atoms with Crippen LogP contribution in [0.5, 0.6) is 0 Å². The fourth-order valence-electron chi connectivity index (χ4n) is 4.44. The van der Waals surface area contributed by atoms with Crippen molar-refractivity contribution in [3.8, 4) is 11.8 Å². The van der Waals surface area contributed by atoms with Crippen LogP contribution in [0.25, 0.3) is 11.1 Å². The van der Waals surface area contributed by atoms with Gasteiger partial charge in [0.2, 0.25) is 0 Å². The summed E-state index contributed by atoms with van der Waals surface area (Å²) in [6.45, 7) is 8.71. The molecule has 0 atom stereocenters. The Hall–Kier alpha value is -3.20. The third-order valence-electron chi connectivity index (χ3n) is 7.04. The summed E-state index contributed by atoms with van der Waals surface area (Å²) >= 11 is 0. The standard InChI is InChI=1S/C38H36.Zr/c1-5-29-13-21-33(22-14-29)37(34-23-15-30(6-2)16-24-34)11-9-10-12-38(35-25-17-31(7-3)18-26-35)36-27-19-32(8-4)20-28-36;/h13-28H,5-8H2,1-4H3;/q-2;+2. The molecule has 0 bridgehead atoms. The molecule has 4 rings (SSSR count). The number of benzene rings is 4. The van der Waals surface area contributed by atoms with Crippen LogP contribution in [0.3, 0.4) is 0 Å². The first-order valence-corrected chi connectivity index (χ1v) is 13.8. The molecule has 0 N–H and O–H groups in total. The summed E-state index contributed by atoms with van der Waals surface area (Å²) in [5, 5.41) is 0. The van der Waals surface area contributed by atoms with Gasteiger partial charge in [0.15, 0.2) is 0 Å². The maximum absolute atomic E-state index is 3.40. The predicted octanol–water partition coefficient (Wildman–Crippen LogP) is 9.11. The Morgan fingerprint density at radius 3 is 0.795 bits per heavy atom. The van der Waals surface area contributed by atoms with Crippen molar-refractivity contribution in [2.75, 3.05) is 0 Å². The van der Waals surface area contributed by atoms with Gasteiger partial charge in [-0.05, 0) is 47.9 Å². The normalized spacial score (nSPS) is 10.1. The van der Waals surface area contributed by atoms with E-state index in [1.54, 1.807) is 0 Å². The van der Waals surface area contributed by atoms with E-state index < -0.39 is 0 Å². The molecule has 4 aromatic rings. The summed E-state index contributed by atoms with van der Waals surface area (Å²) < 4.78 is 0. The number of rotatable bonds is 8. The number of hydrogen-bond acceptors (Lipinski definition) is 0. The fourth-order valence-corrected chi connectivity index (χ4v) is 4.44. The number of aryl methyl sites for hydroxylation is 4. The van der Waals surface area contributed by atoms with Gasteiger partial charge in [-0.25, -0.2) is 0 Å². The first-order valence-electron chi connectivity index (χ1n) is 13.8. The van der Waals surface area contributed by atoms with Crippen LogP contribution < -0.4 is 0 Å². The van der Waals surface area contributed by atoms with Gasteiger partial charge in [-0.2, -0.15) is 0 Å². The second kappa shape index (κ2) is 15.4. The molecule has 0 spiro atoms. The minimum absolute atomic E-state index is 0. The summed E-state index contributed by atoms with van der Waals surface area (Å²) in [7, 11) is 0. The second-order valence-electron chi connectivity index (χ2n) is 9.45. The van der Waals surface area contributed by atoms with E-state index in [1.165, 1.54) is 22.3 Å². The summed E-state index contributed by atoms with van der Waals surface area (Å²) in [6.07, 6.45) is 10.9. The fraction of sp³-hybridized carbons (Fsp3) is 0.211. The molecule has 0 fully saturated rings. The first kappa shape index (κ1) is 30.3. The summed E-state index contributed by atoms with van der Waals surface area (Å²) in [6, 6.07) is 34.9. The van der Waals surface area contributed by atoms with Gasteiger partial charge < -0.3 is 0 Å². The van der Waals surface area contributed by atoms with Crippen LogP contribution in [0.2, 0.25) is 0 Å². The number of hydrogen-bond donors (Lipinski definition) is 0. The van der Waals surface area contributed by atoms with Crippen LogP contribution in [0.1, 0.15) is 72.2 Å². The van der Waals surface area contributed by atoms with Crippen LogP contribution >= 0.6 is 0 Å². The molecule has 0 unspecified atom stereocenters. The Morgan fingerprint density at radius 1 is 0.410 bits per heavy atom. The van der Waals surface area contributed by atoms with E-state index in [1.807, 2.05) is 0 Å². The molecule has 0 aliphatic heterocycles. The van der Waals surface area contributed by atoms with E-state index in [2.05, 4.69) is 149 Å². The Labute approximate surface area is 255 Å². The van der Waals surface area contributed by atoms with Gasteiger partial charge in [0, 0.05) is 0 Å². The van der Waals surface area contributed by atoms with Crippen LogP contribution in [0.4, 0.5) is 0 Å². The topological polar surface area (TPSA) is 0 Å². The van der Waals surface area contributed by atoms with Crippen molar-refractivity contribution >= 4 is 11.1 Å². The Kier molecular flexibility index (Phi) is 12.0. The molecule has 0 saturated heterocycles. The zero-order valence-electron chi connectivity index (χ0n) is 23.6. The molecule has 192 valence electrons. The van der Waals surface area contributed by atoms with Crippen LogP contribution in [-0.2, 0) is 51.9 Å². The minimum atomic E-state index is 0. The number of allylic oxidation sites excluding steroid dienone is 2. The SMILES string of the molecule is CCc1ccc(C(=[C-]C#C[C-]=C(c2ccc(CC)cc2)c2ccc(CC)cc2)c2ccc(CC)cc2)cc1.[Zr+2]. The van der Waals surface area contributed by atoms with E-state index in [9.17, 15) is 0 Å². The Balaban J connectivity index is 0.00000420. The minimum Gasteiger partial charge on any atom is -0.296 e. The van der Waals surface area contributed by atoms with E-state index in [0.29, 0.717) is 0 Å². The molecule has 0 nitrogen and oxygen atoms in total. The third-order valence-corrected chi connectivity index (χ3v) is 7.04. The quantitative estimate of drug-likeness (QED) is 0.143. The third kappa shape index (κ3) is 8.15. The van der Waals surface area contributed by atoms with Gasteiger partial charge in [0.25, 0.3) is 0 Å². The maximum Gasteiger partial charge on any atom is 2.00 e. The van der Waals surface area contributed by atoms with Gasteiger partial charge in [-0.15, -0.1) is 23.3 Å². The van der Waals surface area contributed by atoms with Gasteiger partial charge in [-0.1, -0.05) is 147 Å². The molecule has 0 heterocycles. The summed E-state index contributed by atoms with van der Waals surface area (Å²) in [5.41, 5.74) is 11.8. The van der Waals surface area contributed by atoms with Crippen molar-refractivity contribution in [3.05, 3.63) is 154 Å². The molecule has 4 aromatic carbocycles. The molecular formula is C38H36Zr. The van der Waals surface area contributed by atoms with Crippen molar-refractivity contribution < 1.29 is 26.2 Å². The molecular weight excluding hydrogens is 548 g/mol. The van der Waals surface area contributed by atoms with Crippen LogP contribution in [0.15, 0.2) is 97.1 Å². The van der Waals surface area contributed by atoms with E-state index in [0.717, 1.165) is 59.1 Å². The molecule has 0 aliphatic rings. The van der Waals surface area contributed by atoms with Crippen molar-refractivity contribution in [1.29, 1.82) is 0 Å². The smallest absolute Gasteiger partial charge is 0.296 e. The van der Waals surface area contributed by atoms with E-state index >= 15 is 0 Å². The molecule has 0 amide bonds. The summed E-state index contributed by atoms with van der Waals surface area (Å²) in [5.74, 6) is 6.37. The van der Waals surface area contributed by atoms with Gasteiger partial charge in [0.1, 0.15) is 0 Å². The van der Waals surface area contributed by atoms with Crippen molar-refractivity contribution in [2.45, 2.75) is 53.4 Å². The van der Waals surface area contributed by atoms with Crippen LogP contribution in [-0.4, -0.2) is 0 Å². The molecule has 0 radical (unpaired) electrons. The van der Waals surface area contributed by atoms with Crippen molar-refractivity contribution in [3.63, 3.8) is 0 Å². The molecule has 39 heavy (non-hydrogen) atoms. The molecule has 0 aromatic heterocycles. The molecule has 0 aliphatic carbocycles. The zero-order chi connectivity index (χ0) is 26.7. The summed E-state index contributed by atoms with van der Waals surface area (Å²) in [4.78, 5) is 0. The van der Waals surface area contributed by atoms with Crippen molar-refractivity contribution in [1.82, 2.24) is 0 Å². The Morgan fingerprint density at radius 2 is 0.615 bits per heavy atom. The largest absolute Gasteiger partial charge is 2.00 e. The van der Waals surface area contributed by atoms with Crippen molar-refractivity contribution in [2.24, 2.45) is 0 Å². The Bertz CT molecular complexity index is 1230. The van der Waals surface area contributed by atoms with E-state index in [-0.39, 0.29) is 26.2 Å². The monoisotopic (exact) mass is 582 g/mol. The molecule has 1 heteroatoms. The van der Waals surface area contributed by atoms with Crippen LogP contribution in [0, 0.1) is 24.0 Å². The maximum atomic E-state index is 3.40. The average molecular weight is 584 g/mol. The predicted molar refractivity (Wildman–Crippen MR) is 163 cm³/mol. The van der Waals surface area contributed by atoms with Gasteiger partial charge >= 0.3 is 26.2 Å². The second-order valence-corrected chi connectivity index (χ2v) is 9.45. The van der Waals surface area contributed by atoms with Gasteiger partial charge in [0.05, 0.1) is 0 Å². The van der Waals surface area contributed by atoms with Gasteiger partial charge in [-0.3, -0.25) is 11.8 Å². The molecule has 0 saturated carbocycles. The average Bonchev–Trinajstić information content (AvgIpc) is 2.99. The van der Waals surface area contributed by atoms with E-state index in [4.69, 9.17) is 0 Å². The first-order chi connectivity index (χ1) is 18.6.